The van der Waals surface area contributed by atoms with Gasteiger partial charge in [0.15, 0.2) is 0 Å². The zero-order valence-corrected chi connectivity index (χ0v) is 11.1. The number of hydroxylamine groups is 2. The summed E-state index contributed by atoms with van der Waals surface area (Å²) in [6.45, 7) is 0.323. The molecule has 0 atom stereocenters. The highest BCUT2D eigenvalue weighted by atomic mass is 19.4. The second kappa shape index (κ2) is 6.58. The molecule has 0 aromatic heterocycles. The molecule has 20 heavy (non-hydrogen) atoms. The fourth-order valence-electron chi connectivity index (χ4n) is 1.45. The highest BCUT2D eigenvalue weighted by Crippen LogP contribution is 2.35. The van der Waals surface area contributed by atoms with Crippen molar-refractivity contribution >= 4 is 17.3 Å². The number of anilines is 2. The topological polar surface area (TPSA) is 67.6 Å². The Balaban J connectivity index is 2.71. The molecule has 0 bridgehead atoms. The number of alkyl halides is 3. The van der Waals surface area contributed by atoms with Gasteiger partial charge in [0.05, 0.1) is 12.7 Å². The molecule has 0 spiro atoms. The number of nitrogens with zero attached hydrogens (tertiary/aromatic N) is 1. The number of hydrogen-bond acceptors (Lipinski definition) is 4. The van der Waals surface area contributed by atoms with E-state index in [-0.39, 0.29) is 17.8 Å². The Labute approximate surface area is 114 Å². The molecule has 1 aromatic rings. The van der Waals surface area contributed by atoms with Gasteiger partial charge >= 0.3 is 6.18 Å². The van der Waals surface area contributed by atoms with Gasteiger partial charge in [0.25, 0.3) is 0 Å². The zero-order chi connectivity index (χ0) is 15.3. The zero-order valence-electron chi connectivity index (χ0n) is 11.1. The average molecular weight is 291 g/mol. The predicted octanol–water partition coefficient (Wildman–Crippen LogP) is 2.11. The maximum Gasteiger partial charge on any atom is 0.418 e. The van der Waals surface area contributed by atoms with Crippen LogP contribution < -0.4 is 11.1 Å². The fourth-order valence-corrected chi connectivity index (χ4v) is 1.45. The van der Waals surface area contributed by atoms with Crippen LogP contribution in [0.5, 0.6) is 0 Å². The van der Waals surface area contributed by atoms with Crippen molar-refractivity contribution in [2.75, 3.05) is 31.8 Å². The first-order chi connectivity index (χ1) is 9.24. The SMILES string of the molecule is CON(C)CCC(=O)Nc1ccc(N)c(C(F)(F)F)c1. The molecule has 0 aliphatic rings. The summed E-state index contributed by atoms with van der Waals surface area (Å²) >= 11 is 0. The number of nitrogen functional groups attached to an aromatic ring is 1. The Morgan fingerprint density at radius 1 is 1.45 bits per heavy atom. The Morgan fingerprint density at radius 3 is 2.65 bits per heavy atom. The molecule has 1 amide bonds. The first kappa shape index (κ1) is 16.3. The summed E-state index contributed by atoms with van der Waals surface area (Å²) in [6.07, 6.45) is -4.46. The Bertz CT molecular complexity index is 478. The standard InChI is InChI=1S/C12H16F3N3O2/c1-18(20-2)6-5-11(19)17-8-3-4-10(16)9(7-8)12(13,14)15/h3-4,7H,5-6,16H2,1-2H3,(H,17,19). The van der Waals surface area contributed by atoms with Crippen LogP contribution in [0.2, 0.25) is 0 Å². The minimum absolute atomic E-state index is 0.0524. The van der Waals surface area contributed by atoms with E-state index >= 15 is 0 Å². The van der Waals surface area contributed by atoms with Crippen molar-refractivity contribution < 1.29 is 22.8 Å². The van der Waals surface area contributed by atoms with E-state index in [1.807, 2.05) is 0 Å². The van der Waals surface area contributed by atoms with Gasteiger partial charge in [-0.2, -0.15) is 18.2 Å². The summed E-state index contributed by atoms with van der Waals surface area (Å²) in [6, 6.07) is 3.25. The van der Waals surface area contributed by atoms with Crippen LogP contribution in [0, 0.1) is 0 Å². The molecule has 0 fully saturated rings. The average Bonchev–Trinajstić information content (AvgIpc) is 2.37. The van der Waals surface area contributed by atoms with E-state index in [2.05, 4.69) is 5.32 Å². The third kappa shape index (κ3) is 4.71. The number of hydrogen-bond donors (Lipinski definition) is 2. The Morgan fingerprint density at radius 2 is 2.10 bits per heavy atom. The maximum atomic E-state index is 12.6. The van der Waals surface area contributed by atoms with Crippen LogP contribution in [-0.2, 0) is 15.8 Å². The van der Waals surface area contributed by atoms with Gasteiger partial charge in [-0.05, 0) is 18.2 Å². The first-order valence-corrected chi connectivity index (χ1v) is 5.76. The van der Waals surface area contributed by atoms with E-state index in [9.17, 15) is 18.0 Å². The number of nitrogens with one attached hydrogen (secondary N) is 1. The van der Waals surface area contributed by atoms with Crippen molar-refractivity contribution in [1.82, 2.24) is 5.06 Å². The lowest BCUT2D eigenvalue weighted by molar-refractivity contribution is -0.137. The lowest BCUT2D eigenvalue weighted by Crippen LogP contribution is -2.23. The van der Waals surface area contributed by atoms with E-state index in [0.717, 1.165) is 12.1 Å². The second-order valence-corrected chi connectivity index (χ2v) is 4.13. The van der Waals surface area contributed by atoms with Crippen LogP contribution in [0.15, 0.2) is 18.2 Å². The molecule has 0 unspecified atom stereocenters. The fraction of sp³-hybridized carbons (Fsp3) is 0.417. The van der Waals surface area contributed by atoms with Crippen molar-refractivity contribution in [3.63, 3.8) is 0 Å². The summed E-state index contributed by atoms with van der Waals surface area (Å²) in [5.74, 6) is -0.410. The largest absolute Gasteiger partial charge is 0.418 e. The van der Waals surface area contributed by atoms with Gasteiger partial charge in [0.1, 0.15) is 0 Å². The molecule has 0 aliphatic heterocycles. The highest BCUT2D eigenvalue weighted by molar-refractivity contribution is 5.91. The molecule has 0 aliphatic carbocycles. The van der Waals surface area contributed by atoms with Gasteiger partial charge in [-0.3, -0.25) is 4.79 Å². The van der Waals surface area contributed by atoms with Gasteiger partial charge < -0.3 is 15.9 Å². The first-order valence-electron chi connectivity index (χ1n) is 5.76. The van der Waals surface area contributed by atoms with Gasteiger partial charge in [0, 0.05) is 31.4 Å². The van der Waals surface area contributed by atoms with E-state index in [1.165, 1.54) is 18.2 Å². The predicted molar refractivity (Wildman–Crippen MR) is 68.7 cm³/mol. The number of nitrogens with two attached hydrogens (primary N) is 1. The quantitative estimate of drug-likeness (QED) is 0.644. The maximum absolute atomic E-state index is 12.6. The lowest BCUT2D eigenvalue weighted by atomic mass is 10.1. The van der Waals surface area contributed by atoms with Crippen LogP contribution in [0.25, 0.3) is 0 Å². The Hall–Kier alpha value is -1.80. The Kier molecular flexibility index (Phi) is 5.34. The number of carbonyl (C=O) groups excluding carboxylic acids is 1. The smallest absolute Gasteiger partial charge is 0.398 e. The summed E-state index contributed by atoms with van der Waals surface area (Å²) in [5, 5.41) is 3.82. The molecule has 3 N–H and O–H groups in total. The number of carbonyl (C=O) groups is 1. The van der Waals surface area contributed by atoms with Crippen LogP contribution in [-0.4, -0.2) is 31.7 Å². The molecule has 0 saturated carbocycles. The van der Waals surface area contributed by atoms with Crippen LogP contribution in [0.4, 0.5) is 24.5 Å². The third-order valence-electron chi connectivity index (χ3n) is 2.61. The molecule has 0 radical (unpaired) electrons. The van der Waals surface area contributed by atoms with Crippen molar-refractivity contribution in [2.24, 2.45) is 0 Å². The van der Waals surface area contributed by atoms with Crippen molar-refractivity contribution in [3.05, 3.63) is 23.8 Å². The summed E-state index contributed by atoms with van der Waals surface area (Å²) in [5.41, 5.74) is 3.97. The van der Waals surface area contributed by atoms with E-state index in [4.69, 9.17) is 10.6 Å². The van der Waals surface area contributed by atoms with Gasteiger partial charge in [0.2, 0.25) is 5.91 Å². The highest BCUT2D eigenvalue weighted by Gasteiger charge is 2.33. The van der Waals surface area contributed by atoms with Crippen molar-refractivity contribution in [3.8, 4) is 0 Å². The van der Waals surface area contributed by atoms with Crippen molar-refractivity contribution in [2.45, 2.75) is 12.6 Å². The van der Waals surface area contributed by atoms with Gasteiger partial charge in [-0.1, -0.05) is 0 Å². The molecule has 0 saturated heterocycles. The summed E-state index contributed by atoms with van der Waals surface area (Å²) < 4.78 is 37.9. The van der Waals surface area contributed by atoms with Crippen LogP contribution in [0.3, 0.4) is 0 Å². The normalized spacial score (nSPS) is 11.7. The molecule has 112 valence electrons. The van der Waals surface area contributed by atoms with Gasteiger partial charge in [-0.15, -0.1) is 0 Å². The lowest BCUT2D eigenvalue weighted by Gasteiger charge is -2.14. The van der Waals surface area contributed by atoms with E-state index in [1.54, 1.807) is 7.05 Å². The number of amides is 1. The summed E-state index contributed by atoms with van der Waals surface area (Å²) in [7, 11) is 3.09. The minimum Gasteiger partial charge on any atom is -0.398 e. The molecule has 1 rings (SSSR count). The number of benzene rings is 1. The monoisotopic (exact) mass is 291 g/mol. The molecule has 1 aromatic carbocycles. The van der Waals surface area contributed by atoms with Crippen molar-refractivity contribution in [1.29, 1.82) is 0 Å². The summed E-state index contributed by atoms with van der Waals surface area (Å²) in [4.78, 5) is 16.4. The van der Waals surface area contributed by atoms with E-state index in [0.29, 0.717) is 6.54 Å². The number of halogens is 3. The molecule has 8 heteroatoms. The molecular formula is C12H16F3N3O2. The molecular weight excluding hydrogens is 275 g/mol. The van der Waals surface area contributed by atoms with E-state index < -0.39 is 17.6 Å². The van der Waals surface area contributed by atoms with Crippen LogP contribution in [0.1, 0.15) is 12.0 Å². The second-order valence-electron chi connectivity index (χ2n) is 4.13. The molecule has 5 nitrogen and oxygen atoms in total. The molecule has 0 heterocycles. The van der Waals surface area contributed by atoms with Gasteiger partial charge in [-0.25, -0.2) is 0 Å². The third-order valence-corrected chi connectivity index (χ3v) is 2.61. The number of rotatable bonds is 5. The minimum atomic E-state index is -4.55. The van der Waals surface area contributed by atoms with Crippen LogP contribution >= 0.6 is 0 Å².